The van der Waals surface area contributed by atoms with Crippen LogP contribution in [0.25, 0.3) is 0 Å². The van der Waals surface area contributed by atoms with Gasteiger partial charge < -0.3 is 10.5 Å². The van der Waals surface area contributed by atoms with E-state index in [0.717, 1.165) is 25.7 Å². The lowest BCUT2D eigenvalue weighted by Gasteiger charge is -2.15. The zero-order valence-electron chi connectivity index (χ0n) is 8.01. The average Bonchev–Trinajstić information content (AvgIpc) is 2.05. The van der Waals surface area contributed by atoms with E-state index in [1.165, 1.54) is 0 Å². The molecule has 0 radical (unpaired) electrons. The number of esters is 1. The van der Waals surface area contributed by atoms with E-state index in [0.29, 0.717) is 0 Å². The SMILES string of the molecule is CCCC(CCC)OC(=O)CN. The minimum Gasteiger partial charge on any atom is -0.461 e. The summed E-state index contributed by atoms with van der Waals surface area (Å²) in [5, 5.41) is 0. The molecular weight excluding hydrogens is 154 g/mol. The highest BCUT2D eigenvalue weighted by atomic mass is 16.5. The molecule has 0 spiro atoms. The number of carbonyl (C=O) groups excluding carboxylic acids is 1. The zero-order chi connectivity index (χ0) is 9.40. The molecule has 0 saturated carbocycles. The Kier molecular flexibility index (Phi) is 6.76. The molecule has 0 aromatic carbocycles. The Morgan fingerprint density at radius 2 is 1.83 bits per heavy atom. The van der Waals surface area contributed by atoms with Gasteiger partial charge >= 0.3 is 5.97 Å². The fraction of sp³-hybridized carbons (Fsp3) is 0.889. The van der Waals surface area contributed by atoms with Crippen molar-refractivity contribution in [3.63, 3.8) is 0 Å². The Morgan fingerprint density at radius 1 is 1.33 bits per heavy atom. The molecule has 0 unspecified atom stereocenters. The van der Waals surface area contributed by atoms with Gasteiger partial charge in [0.1, 0.15) is 6.10 Å². The van der Waals surface area contributed by atoms with Crippen LogP contribution in [0, 0.1) is 0 Å². The zero-order valence-corrected chi connectivity index (χ0v) is 8.01. The number of nitrogens with two attached hydrogens (primary N) is 1. The second kappa shape index (κ2) is 7.10. The Hall–Kier alpha value is -0.570. The first kappa shape index (κ1) is 11.4. The Labute approximate surface area is 74.3 Å². The molecule has 0 fully saturated rings. The van der Waals surface area contributed by atoms with E-state index >= 15 is 0 Å². The van der Waals surface area contributed by atoms with E-state index in [2.05, 4.69) is 13.8 Å². The van der Waals surface area contributed by atoms with Crippen LogP contribution in [0.1, 0.15) is 39.5 Å². The molecule has 0 bridgehead atoms. The van der Waals surface area contributed by atoms with Crippen molar-refractivity contribution in [1.29, 1.82) is 0 Å². The molecule has 0 saturated heterocycles. The van der Waals surface area contributed by atoms with Crippen molar-refractivity contribution in [2.75, 3.05) is 6.54 Å². The van der Waals surface area contributed by atoms with Gasteiger partial charge in [-0.3, -0.25) is 4.79 Å². The van der Waals surface area contributed by atoms with Crippen LogP contribution < -0.4 is 5.73 Å². The molecule has 3 nitrogen and oxygen atoms in total. The van der Waals surface area contributed by atoms with Gasteiger partial charge in [0.05, 0.1) is 6.54 Å². The van der Waals surface area contributed by atoms with Gasteiger partial charge in [-0.2, -0.15) is 0 Å². The molecule has 0 aliphatic heterocycles. The van der Waals surface area contributed by atoms with Crippen LogP contribution in [0.5, 0.6) is 0 Å². The molecule has 2 N–H and O–H groups in total. The van der Waals surface area contributed by atoms with Gasteiger partial charge in [-0.25, -0.2) is 0 Å². The third-order valence-corrected chi connectivity index (χ3v) is 1.69. The minimum absolute atomic E-state index is 0.00999. The largest absolute Gasteiger partial charge is 0.461 e. The van der Waals surface area contributed by atoms with Crippen molar-refractivity contribution in [1.82, 2.24) is 0 Å². The topological polar surface area (TPSA) is 52.3 Å². The molecule has 0 heterocycles. The van der Waals surface area contributed by atoms with E-state index < -0.39 is 0 Å². The summed E-state index contributed by atoms with van der Waals surface area (Å²) in [4.78, 5) is 10.8. The number of rotatable bonds is 6. The molecule has 3 heteroatoms. The van der Waals surface area contributed by atoms with Crippen LogP contribution in [0.2, 0.25) is 0 Å². The molecule has 0 atom stereocenters. The van der Waals surface area contributed by atoms with Crippen molar-refractivity contribution in [2.45, 2.75) is 45.6 Å². The van der Waals surface area contributed by atoms with Gasteiger partial charge in [0.2, 0.25) is 0 Å². The standard InChI is InChI=1S/C9H19NO2/c1-3-5-8(6-4-2)12-9(11)7-10/h8H,3-7,10H2,1-2H3. The van der Waals surface area contributed by atoms with Crippen LogP contribution in [0.15, 0.2) is 0 Å². The first-order chi connectivity index (χ1) is 5.74. The molecule has 0 aliphatic carbocycles. The van der Waals surface area contributed by atoms with Gasteiger partial charge in [-0.15, -0.1) is 0 Å². The highest BCUT2D eigenvalue weighted by Gasteiger charge is 2.10. The van der Waals surface area contributed by atoms with Crippen molar-refractivity contribution in [3.8, 4) is 0 Å². The maximum Gasteiger partial charge on any atom is 0.319 e. The summed E-state index contributed by atoms with van der Waals surface area (Å²) in [7, 11) is 0. The van der Waals surface area contributed by atoms with Crippen LogP contribution in [0.4, 0.5) is 0 Å². The van der Waals surface area contributed by atoms with Crippen molar-refractivity contribution in [2.24, 2.45) is 5.73 Å². The summed E-state index contributed by atoms with van der Waals surface area (Å²) in [6.07, 6.45) is 4.06. The van der Waals surface area contributed by atoms with Crippen LogP contribution in [-0.4, -0.2) is 18.6 Å². The summed E-state index contributed by atoms with van der Waals surface area (Å²) in [6, 6.07) is 0. The Bertz CT molecular complexity index is 120. The van der Waals surface area contributed by atoms with Crippen molar-refractivity contribution >= 4 is 5.97 Å². The maximum absolute atomic E-state index is 10.8. The predicted molar refractivity (Wildman–Crippen MR) is 48.8 cm³/mol. The second-order valence-electron chi connectivity index (χ2n) is 2.89. The van der Waals surface area contributed by atoms with Gasteiger partial charge in [0, 0.05) is 0 Å². The van der Waals surface area contributed by atoms with E-state index in [1.54, 1.807) is 0 Å². The first-order valence-electron chi connectivity index (χ1n) is 4.64. The highest BCUT2D eigenvalue weighted by Crippen LogP contribution is 2.08. The molecular formula is C9H19NO2. The molecule has 0 aromatic heterocycles. The molecule has 12 heavy (non-hydrogen) atoms. The highest BCUT2D eigenvalue weighted by molar-refractivity contribution is 5.71. The first-order valence-corrected chi connectivity index (χ1v) is 4.64. The third-order valence-electron chi connectivity index (χ3n) is 1.69. The average molecular weight is 173 g/mol. The minimum atomic E-state index is -0.290. The van der Waals surface area contributed by atoms with Crippen LogP contribution in [0.3, 0.4) is 0 Å². The van der Waals surface area contributed by atoms with Crippen molar-refractivity contribution < 1.29 is 9.53 Å². The lowest BCUT2D eigenvalue weighted by atomic mass is 10.1. The van der Waals surface area contributed by atoms with E-state index in [-0.39, 0.29) is 18.6 Å². The quantitative estimate of drug-likeness (QED) is 0.619. The summed E-state index contributed by atoms with van der Waals surface area (Å²) >= 11 is 0. The lowest BCUT2D eigenvalue weighted by Crippen LogP contribution is -2.23. The second-order valence-corrected chi connectivity index (χ2v) is 2.89. The fourth-order valence-electron chi connectivity index (χ4n) is 1.14. The maximum atomic E-state index is 10.8. The van der Waals surface area contributed by atoms with E-state index in [1.807, 2.05) is 0 Å². The van der Waals surface area contributed by atoms with Gasteiger partial charge in [0.15, 0.2) is 0 Å². The molecule has 0 aromatic rings. The summed E-state index contributed by atoms with van der Waals surface area (Å²) in [6.45, 7) is 4.15. The number of hydrogen-bond acceptors (Lipinski definition) is 3. The monoisotopic (exact) mass is 173 g/mol. The fourth-order valence-corrected chi connectivity index (χ4v) is 1.14. The number of hydrogen-bond donors (Lipinski definition) is 1. The lowest BCUT2D eigenvalue weighted by molar-refractivity contribution is -0.147. The summed E-state index contributed by atoms with van der Waals surface area (Å²) < 4.78 is 5.12. The van der Waals surface area contributed by atoms with Crippen LogP contribution in [-0.2, 0) is 9.53 Å². The van der Waals surface area contributed by atoms with Gasteiger partial charge in [0.25, 0.3) is 0 Å². The predicted octanol–water partition coefficient (Wildman–Crippen LogP) is 1.46. The third kappa shape index (κ3) is 5.13. The van der Waals surface area contributed by atoms with Crippen LogP contribution >= 0.6 is 0 Å². The molecule has 0 aliphatic rings. The molecule has 0 amide bonds. The molecule has 72 valence electrons. The van der Waals surface area contributed by atoms with E-state index in [4.69, 9.17) is 10.5 Å². The normalized spacial score (nSPS) is 10.3. The van der Waals surface area contributed by atoms with Gasteiger partial charge in [-0.1, -0.05) is 26.7 Å². The van der Waals surface area contributed by atoms with E-state index in [9.17, 15) is 4.79 Å². The summed E-state index contributed by atoms with van der Waals surface area (Å²) in [5.74, 6) is -0.290. The number of carbonyl (C=O) groups is 1. The Balaban J connectivity index is 3.68. The van der Waals surface area contributed by atoms with Gasteiger partial charge in [-0.05, 0) is 12.8 Å². The summed E-state index contributed by atoms with van der Waals surface area (Å²) in [5.41, 5.74) is 5.14. The number of ether oxygens (including phenoxy) is 1. The Morgan fingerprint density at radius 3 is 2.17 bits per heavy atom. The molecule has 0 rings (SSSR count). The van der Waals surface area contributed by atoms with Crippen molar-refractivity contribution in [3.05, 3.63) is 0 Å². The smallest absolute Gasteiger partial charge is 0.319 e.